The number of halogens is 1. The van der Waals surface area contributed by atoms with Crippen LogP contribution in [-0.4, -0.2) is 10.9 Å². The zero-order valence-corrected chi connectivity index (χ0v) is 15.3. The van der Waals surface area contributed by atoms with Crippen molar-refractivity contribution in [1.82, 2.24) is 4.98 Å². The molecular formula is C19H18ClN3OS. The minimum absolute atomic E-state index is 0.144. The molecule has 0 saturated carbocycles. The quantitative estimate of drug-likeness (QED) is 0.624. The molecule has 25 heavy (non-hydrogen) atoms. The van der Waals surface area contributed by atoms with Gasteiger partial charge in [0.1, 0.15) is 0 Å². The van der Waals surface area contributed by atoms with Crippen molar-refractivity contribution < 1.29 is 4.79 Å². The van der Waals surface area contributed by atoms with Gasteiger partial charge < -0.3 is 10.6 Å². The lowest BCUT2D eigenvalue weighted by Crippen LogP contribution is -2.14. The normalized spacial score (nSPS) is 10.5. The van der Waals surface area contributed by atoms with Crippen molar-refractivity contribution in [3.8, 4) is 0 Å². The minimum atomic E-state index is -0.144. The molecule has 2 N–H and O–H groups in total. The number of hydrogen-bond acceptors (Lipinski definition) is 4. The van der Waals surface area contributed by atoms with E-state index in [4.69, 9.17) is 11.6 Å². The van der Waals surface area contributed by atoms with Gasteiger partial charge in [0.15, 0.2) is 4.47 Å². The molecule has 0 atom stereocenters. The summed E-state index contributed by atoms with van der Waals surface area (Å²) in [6.45, 7) is 2.67. The molecule has 128 valence electrons. The van der Waals surface area contributed by atoms with Crippen molar-refractivity contribution in [2.24, 2.45) is 0 Å². The van der Waals surface area contributed by atoms with Crippen LogP contribution in [0.1, 0.15) is 27.7 Å². The molecule has 1 amide bonds. The number of nitrogens with one attached hydrogen (secondary N) is 2. The second kappa shape index (κ2) is 8.14. The van der Waals surface area contributed by atoms with Crippen LogP contribution in [0.2, 0.25) is 4.47 Å². The van der Waals surface area contributed by atoms with E-state index in [9.17, 15) is 4.79 Å². The highest BCUT2D eigenvalue weighted by atomic mass is 35.5. The molecule has 0 aliphatic heterocycles. The molecule has 0 spiro atoms. The summed E-state index contributed by atoms with van der Waals surface area (Å²) in [6.07, 6.45) is 2.71. The van der Waals surface area contributed by atoms with Crippen LogP contribution >= 0.6 is 22.9 Å². The van der Waals surface area contributed by atoms with Crippen LogP contribution in [0.5, 0.6) is 0 Å². The Morgan fingerprint density at radius 2 is 1.92 bits per heavy atom. The summed E-state index contributed by atoms with van der Waals surface area (Å²) in [5.41, 5.74) is 3.39. The number of hydrogen-bond donors (Lipinski definition) is 2. The van der Waals surface area contributed by atoms with Crippen LogP contribution in [-0.2, 0) is 13.0 Å². The van der Waals surface area contributed by atoms with Gasteiger partial charge in [-0.25, -0.2) is 4.98 Å². The van der Waals surface area contributed by atoms with Crippen molar-refractivity contribution in [2.75, 3.05) is 10.6 Å². The zero-order chi connectivity index (χ0) is 17.6. The number of aryl methyl sites for hydroxylation is 1. The van der Waals surface area contributed by atoms with Crippen molar-refractivity contribution >= 4 is 40.2 Å². The summed E-state index contributed by atoms with van der Waals surface area (Å²) in [4.78, 5) is 17.7. The van der Waals surface area contributed by atoms with Crippen LogP contribution < -0.4 is 10.6 Å². The Balaban J connectivity index is 1.71. The van der Waals surface area contributed by atoms with Gasteiger partial charge in [0.2, 0.25) is 0 Å². The summed E-state index contributed by atoms with van der Waals surface area (Å²) in [6, 6.07) is 15.3. The molecule has 4 nitrogen and oxygen atoms in total. The first-order chi connectivity index (χ1) is 12.2. The number of anilines is 2. The average molecular weight is 372 g/mol. The molecule has 0 saturated heterocycles. The fraction of sp³-hybridized carbons (Fsp3) is 0.158. The van der Waals surface area contributed by atoms with Gasteiger partial charge in [0.25, 0.3) is 5.91 Å². The van der Waals surface area contributed by atoms with Crippen molar-refractivity contribution in [1.29, 1.82) is 0 Å². The highest BCUT2D eigenvalue weighted by Gasteiger charge is 2.11. The molecule has 0 radical (unpaired) electrons. The molecule has 0 aliphatic rings. The largest absolute Gasteiger partial charge is 0.379 e. The Labute approximate surface area is 155 Å². The first kappa shape index (κ1) is 17.5. The maximum absolute atomic E-state index is 12.6. The van der Waals surface area contributed by atoms with Gasteiger partial charge in [-0.15, -0.1) is 11.3 Å². The van der Waals surface area contributed by atoms with Crippen LogP contribution in [0.25, 0.3) is 0 Å². The summed E-state index contributed by atoms with van der Waals surface area (Å²) in [5, 5.41) is 6.22. The topological polar surface area (TPSA) is 54.0 Å². The van der Waals surface area contributed by atoms with Crippen molar-refractivity contribution in [3.05, 3.63) is 75.2 Å². The second-order valence-corrected chi connectivity index (χ2v) is 7.18. The molecule has 0 fully saturated rings. The molecule has 3 aromatic rings. The number of carbonyl (C=O) groups is 1. The number of carbonyl (C=O) groups excluding carboxylic acids is 1. The Morgan fingerprint density at radius 1 is 1.16 bits per heavy atom. The summed E-state index contributed by atoms with van der Waals surface area (Å²) < 4.78 is 0.512. The van der Waals surface area contributed by atoms with E-state index in [1.807, 2.05) is 42.5 Å². The Hall–Kier alpha value is -2.37. The summed E-state index contributed by atoms with van der Waals surface area (Å²) in [7, 11) is 0. The summed E-state index contributed by atoms with van der Waals surface area (Å²) >= 11 is 7.27. The van der Waals surface area contributed by atoms with E-state index in [2.05, 4.69) is 22.5 Å². The van der Waals surface area contributed by atoms with Crippen LogP contribution in [0, 0.1) is 0 Å². The molecule has 2 aromatic carbocycles. The first-order valence-corrected chi connectivity index (χ1v) is 9.18. The fourth-order valence-electron chi connectivity index (χ4n) is 2.41. The number of para-hydroxylation sites is 1. The van der Waals surface area contributed by atoms with Gasteiger partial charge in [0, 0.05) is 22.4 Å². The molecular weight excluding hydrogens is 354 g/mol. The Kier molecular flexibility index (Phi) is 5.68. The lowest BCUT2D eigenvalue weighted by atomic mass is 10.1. The standard InChI is InChI=1S/C19H18ClN3OS/c1-2-13-7-9-14(10-8-13)23-18(24)16-5-3-4-6-17(16)21-11-15-12-22-19(20)25-15/h3-10,12,21H,2,11H2,1H3,(H,23,24). The highest BCUT2D eigenvalue weighted by molar-refractivity contribution is 7.15. The molecule has 0 unspecified atom stereocenters. The first-order valence-electron chi connectivity index (χ1n) is 7.99. The van der Waals surface area contributed by atoms with Crippen LogP contribution in [0.15, 0.2) is 54.7 Å². The molecule has 1 aromatic heterocycles. The third-order valence-corrected chi connectivity index (χ3v) is 4.88. The van der Waals surface area contributed by atoms with E-state index < -0.39 is 0 Å². The van der Waals surface area contributed by atoms with Crippen LogP contribution in [0.4, 0.5) is 11.4 Å². The predicted molar refractivity (Wildman–Crippen MR) is 105 cm³/mol. The van der Waals surface area contributed by atoms with Gasteiger partial charge in [-0.1, -0.05) is 42.8 Å². The van der Waals surface area contributed by atoms with Gasteiger partial charge in [0.05, 0.1) is 12.1 Å². The van der Waals surface area contributed by atoms with Crippen LogP contribution in [0.3, 0.4) is 0 Å². The molecule has 1 heterocycles. The minimum Gasteiger partial charge on any atom is -0.379 e. The highest BCUT2D eigenvalue weighted by Crippen LogP contribution is 2.22. The SMILES string of the molecule is CCc1ccc(NC(=O)c2ccccc2NCc2cnc(Cl)s2)cc1. The maximum Gasteiger partial charge on any atom is 0.257 e. The third kappa shape index (κ3) is 4.59. The van der Waals surface area contributed by atoms with E-state index in [0.29, 0.717) is 16.6 Å². The molecule has 0 aliphatic carbocycles. The Morgan fingerprint density at radius 3 is 2.60 bits per heavy atom. The van der Waals surface area contributed by atoms with E-state index in [-0.39, 0.29) is 5.91 Å². The number of thiazole rings is 1. The lowest BCUT2D eigenvalue weighted by molar-refractivity contribution is 0.102. The lowest BCUT2D eigenvalue weighted by Gasteiger charge is -2.12. The molecule has 3 rings (SSSR count). The van der Waals surface area contributed by atoms with Gasteiger partial charge in [-0.05, 0) is 36.2 Å². The van der Waals surface area contributed by atoms with E-state index in [1.54, 1.807) is 12.3 Å². The molecule has 0 bridgehead atoms. The van der Waals surface area contributed by atoms with Gasteiger partial charge in [-0.3, -0.25) is 4.79 Å². The zero-order valence-electron chi connectivity index (χ0n) is 13.8. The van der Waals surface area contributed by atoms with E-state index in [1.165, 1.54) is 16.9 Å². The number of aromatic nitrogens is 1. The summed E-state index contributed by atoms with van der Waals surface area (Å²) in [5.74, 6) is -0.144. The van der Waals surface area contributed by atoms with E-state index in [0.717, 1.165) is 22.7 Å². The third-order valence-electron chi connectivity index (χ3n) is 3.77. The maximum atomic E-state index is 12.6. The number of nitrogens with zero attached hydrogens (tertiary/aromatic N) is 1. The monoisotopic (exact) mass is 371 g/mol. The Bertz CT molecular complexity index is 861. The number of amides is 1. The van der Waals surface area contributed by atoms with Crippen molar-refractivity contribution in [3.63, 3.8) is 0 Å². The van der Waals surface area contributed by atoms with Crippen molar-refractivity contribution in [2.45, 2.75) is 19.9 Å². The van der Waals surface area contributed by atoms with Gasteiger partial charge in [-0.2, -0.15) is 0 Å². The number of benzene rings is 2. The second-order valence-electron chi connectivity index (χ2n) is 5.48. The average Bonchev–Trinajstić information content (AvgIpc) is 3.06. The van der Waals surface area contributed by atoms with E-state index >= 15 is 0 Å². The van der Waals surface area contributed by atoms with Gasteiger partial charge >= 0.3 is 0 Å². The fourth-order valence-corrected chi connectivity index (χ4v) is 3.32. The smallest absolute Gasteiger partial charge is 0.257 e. The molecule has 6 heteroatoms. The number of rotatable bonds is 6. The predicted octanol–water partition coefficient (Wildman–Crippen LogP) is 5.22.